The molecule has 20 heavy (non-hydrogen) atoms. The summed E-state index contributed by atoms with van der Waals surface area (Å²) < 4.78 is 0. The molecule has 0 aliphatic rings. The van der Waals surface area contributed by atoms with Crippen molar-refractivity contribution in [3.63, 3.8) is 0 Å². The van der Waals surface area contributed by atoms with Gasteiger partial charge in [0.05, 0.1) is 0 Å². The third-order valence-electron chi connectivity index (χ3n) is 3.40. The molecular weight excluding hydrogens is 282 g/mol. The Morgan fingerprint density at radius 3 is 2.20 bits per heavy atom. The van der Waals surface area contributed by atoms with Crippen LogP contribution < -0.4 is 5.73 Å². The number of rotatable bonds is 11. The second-order valence-corrected chi connectivity index (χ2v) is 6.78. The molecule has 0 spiro atoms. The Balaban J connectivity index is 2.02. The maximum absolute atomic E-state index is 5.59. The van der Waals surface area contributed by atoms with Crippen LogP contribution in [-0.4, -0.2) is 10.7 Å². The normalized spacial score (nSPS) is 10.7. The Labute approximate surface area is 133 Å². The quantitative estimate of drug-likeness (QED) is 0.443. The second-order valence-electron chi connectivity index (χ2n) is 5.24. The number of nitrogens with two attached hydrogens (primary N) is 1. The highest BCUT2D eigenvalue weighted by Gasteiger charge is 1.98. The average Bonchev–Trinajstić information content (AvgIpc) is 2.46. The molecule has 1 nitrogen and oxygen atoms in total. The summed E-state index contributed by atoms with van der Waals surface area (Å²) in [7, 11) is 0. The van der Waals surface area contributed by atoms with Crippen molar-refractivity contribution in [3.8, 4) is 0 Å². The smallest absolute Gasteiger partial charge is 0.103 e. The minimum atomic E-state index is 0.479. The fraction of sp³-hybridized carbons (Fsp3) is 0.588. The van der Waals surface area contributed by atoms with Crippen molar-refractivity contribution in [1.29, 1.82) is 0 Å². The summed E-state index contributed by atoms with van der Waals surface area (Å²) in [5.41, 5.74) is 7.91. The van der Waals surface area contributed by atoms with Crippen LogP contribution in [0.25, 0.3) is 0 Å². The van der Waals surface area contributed by atoms with Gasteiger partial charge in [-0.2, -0.15) is 11.8 Å². The molecule has 1 aromatic carbocycles. The Hall–Kier alpha value is -0.540. The first-order valence-corrected chi connectivity index (χ1v) is 9.27. The predicted octanol–water partition coefficient (Wildman–Crippen LogP) is 5.30. The first kappa shape index (κ1) is 17.5. The molecule has 3 heteroatoms. The molecule has 1 rings (SSSR count). The topological polar surface area (TPSA) is 26.0 Å². The van der Waals surface area contributed by atoms with E-state index in [1.807, 2.05) is 23.9 Å². The van der Waals surface area contributed by atoms with E-state index in [0.29, 0.717) is 4.99 Å². The van der Waals surface area contributed by atoms with E-state index in [0.717, 1.165) is 11.3 Å². The van der Waals surface area contributed by atoms with Gasteiger partial charge < -0.3 is 5.73 Å². The molecule has 0 unspecified atom stereocenters. The van der Waals surface area contributed by atoms with Crippen LogP contribution in [0.2, 0.25) is 0 Å². The summed E-state index contributed by atoms with van der Waals surface area (Å²) in [4.78, 5) is 0.479. The van der Waals surface area contributed by atoms with Crippen molar-refractivity contribution in [2.24, 2.45) is 5.73 Å². The Kier molecular flexibility index (Phi) is 9.77. The van der Waals surface area contributed by atoms with Crippen molar-refractivity contribution in [3.05, 3.63) is 35.4 Å². The van der Waals surface area contributed by atoms with E-state index in [-0.39, 0.29) is 0 Å². The molecular formula is C17H27NS2. The summed E-state index contributed by atoms with van der Waals surface area (Å²) in [5, 5.41) is 0. The molecule has 0 aliphatic heterocycles. The minimum Gasteiger partial charge on any atom is -0.389 e. The van der Waals surface area contributed by atoms with Crippen LogP contribution in [-0.2, 0) is 5.75 Å². The third kappa shape index (κ3) is 7.91. The summed E-state index contributed by atoms with van der Waals surface area (Å²) in [6.07, 6.45) is 9.71. The van der Waals surface area contributed by atoms with Gasteiger partial charge >= 0.3 is 0 Å². The molecule has 0 atom stereocenters. The van der Waals surface area contributed by atoms with Crippen LogP contribution in [0.5, 0.6) is 0 Å². The molecule has 1 aromatic rings. The van der Waals surface area contributed by atoms with E-state index < -0.39 is 0 Å². The van der Waals surface area contributed by atoms with E-state index in [2.05, 4.69) is 19.1 Å². The summed E-state index contributed by atoms with van der Waals surface area (Å²) in [6, 6.07) is 8.30. The molecule has 0 heterocycles. The molecule has 0 saturated carbocycles. The number of thiocarbonyl (C=S) groups is 1. The molecule has 0 aromatic heterocycles. The van der Waals surface area contributed by atoms with Crippen LogP contribution in [0.1, 0.15) is 63.0 Å². The molecule has 0 fully saturated rings. The number of hydrogen-bond donors (Lipinski definition) is 1. The average molecular weight is 310 g/mol. The van der Waals surface area contributed by atoms with Gasteiger partial charge in [0.25, 0.3) is 0 Å². The van der Waals surface area contributed by atoms with Crippen molar-refractivity contribution in [2.45, 2.75) is 57.6 Å². The van der Waals surface area contributed by atoms with Gasteiger partial charge in [0.2, 0.25) is 0 Å². The molecule has 0 radical (unpaired) electrons. The largest absolute Gasteiger partial charge is 0.389 e. The van der Waals surface area contributed by atoms with Gasteiger partial charge in [-0.15, -0.1) is 0 Å². The van der Waals surface area contributed by atoms with Crippen molar-refractivity contribution < 1.29 is 0 Å². The number of unbranched alkanes of at least 4 members (excludes halogenated alkanes) is 6. The van der Waals surface area contributed by atoms with E-state index >= 15 is 0 Å². The van der Waals surface area contributed by atoms with Crippen molar-refractivity contribution in [2.75, 3.05) is 5.75 Å². The third-order valence-corrected chi connectivity index (χ3v) is 4.75. The van der Waals surface area contributed by atoms with Gasteiger partial charge in [-0.25, -0.2) is 0 Å². The highest BCUT2D eigenvalue weighted by molar-refractivity contribution is 7.98. The lowest BCUT2D eigenvalue weighted by atomic mass is 10.1. The van der Waals surface area contributed by atoms with Gasteiger partial charge in [0.1, 0.15) is 4.99 Å². The standard InChI is InChI=1S/C17H27NS2/c1-2-3-4-5-6-7-8-13-20-14-15-9-11-16(12-10-15)17(18)19/h9-12H,2-8,13-14H2,1H3,(H2,18,19). The van der Waals surface area contributed by atoms with Crippen LogP contribution in [0.4, 0.5) is 0 Å². The molecule has 0 amide bonds. The fourth-order valence-corrected chi connectivity index (χ4v) is 3.23. The zero-order chi connectivity index (χ0) is 14.6. The zero-order valence-electron chi connectivity index (χ0n) is 12.6. The second kappa shape index (κ2) is 11.2. The van der Waals surface area contributed by atoms with Gasteiger partial charge in [-0.05, 0) is 17.7 Å². The molecule has 0 bridgehead atoms. The lowest BCUT2D eigenvalue weighted by Crippen LogP contribution is -2.08. The Morgan fingerprint density at radius 2 is 1.60 bits per heavy atom. The maximum atomic E-state index is 5.59. The predicted molar refractivity (Wildman–Crippen MR) is 96.5 cm³/mol. The van der Waals surface area contributed by atoms with E-state index in [9.17, 15) is 0 Å². The maximum Gasteiger partial charge on any atom is 0.103 e. The van der Waals surface area contributed by atoms with Gasteiger partial charge in [0, 0.05) is 11.3 Å². The number of hydrogen-bond acceptors (Lipinski definition) is 2. The van der Waals surface area contributed by atoms with Crippen molar-refractivity contribution >= 4 is 29.0 Å². The van der Waals surface area contributed by atoms with Crippen LogP contribution in [0, 0.1) is 0 Å². The molecule has 0 aliphatic carbocycles. The Bertz CT molecular complexity index is 373. The van der Waals surface area contributed by atoms with E-state index in [4.69, 9.17) is 18.0 Å². The minimum absolute atomic E-state index is 0.479. The fourth-order valence-electron chi connectivity index (χ4n) is 2.12. The highest BCUT2D eigenvalue weighted by atomic mass is 32.2. The zero-order valence-corrected chi connectivity index (χ0v) is 14.2. The van der Waals surface area contributed by atoms with Crippen LogP contribution >= 0.6 is 24.0 Å². The Morgan fingerprint density at radius 1 is 1.00 bits per heavy atom. The van der Waals surface area contributed by atoms with Gasteiger partial charge in [-0.3, -0.25) is 0 Å². The number of benzene rings is 1. The van der Waals surface area contributed by atoms with Crippen LogP contribution in [0.15, 0.2) is 24.3 Å². The van der Waals surface area contributed by atoms with Gasteiger partial charge in [0.15, 0.2) is 0 Å². The summed E-state index contributed by atoms with van der Waals surface area (Å²) in [5.74, 6) is 2.36. The van der Waals surface area contributed by atoms with Crippen molar-refractivity contribution in [1.82, 2.24) is 0 Å². The summed E-state index contributed by atoms with van der Waals surface area (Å²) >= 11 is 6.98. The first-order chi connectivity index (χ1) is 9.74. The highest BCUT2D eigenvalue weighted by Crippen LogP contribution is 2.16. The monoisotopic (exact) mass is 309 g/mol. The molecule has 2 N–H and O–H groups in total. The molecule has 112 valence electrons. The lowest BCUT2D eigenvalue weighted by Gasteiger charge is -2.04. The van der Waals surface area contributed by atoms with Gasteiger partial charge in [-0.1, -0.05) is 81.9 Å². The first-order valence-electron chi connectivity index (χ1n) is 7.70. The van der Waals surface area contributed by atoms with Crippen LogP contribution in [0.3, 0.4) is 0 Å². The molecule has 0 saturated heterocycles. The number of thioether (sulfide) groups is 1. The lowest BCUT2D eigenvalue weighted by molar-refractivity contribution is 0.603. The SMILES string of the molecule is CCCCCCCCCSCc1ccc(C(N)=S)cc1. The summed E-state index contributed by atoms with van der Waals surface area (Å²) in [6.45, 7) is 2.27. The van der Waals surface area contributed by atoms with E-state index in [1.165, 1.54) is 56.3 Å². The van der Waals surface area contributed by atoms with E-state index in [1.54, 1.807) is 0 Å².